The number of methoxy groups -OCH3 is 1. The SMILES string of the molecule is COC(=O)N1C2CCC1C(=O)C2. The molecule has 2 bridgehead atoms. The lowest BCUT2D eigenvalue weighted by Crippen LogP contribution is -2.36. The Morgan fingerprint density at radius 3 is 2.75 bits per heavy atom. The molecule has 2 heterocycles. The summed E-state index contributed by atoms with van der Waals surface area (Å²) < 4.78 is 4.60. The smallest absolute Gasteiger partial charge is 0.410 e. The first-order chi connectivity index (χ1) is 5.74. The molecule has 2 aliphatic rings. The highest BCUT2D eigenvalue weighted by Gasteiger charge is 2.48. The van der Waals surface area contributed by atoms with Gasteiger partial charge in [0.25, 0.3) is 0 Å². The second kappa shape index (κ2) is 2.47. The molecule has 0 radical (unpaired) electrons. The number of carbonyl (C=O) groups excluding carboxylic acids is 2. The van der Waals surface area contributed by atoms with Crippen molar-refractivity contribution in [3.05, 3.63) is 0 Å². The molecule has 12 heavy (non-hydrogen) atoms. The van der Waals surface area contributed by atoms with Crippen molar-refractivity contribution < 1.29 is 14.3 Å². The van der Waals surface area contributed by atoms with E-state index in [2.05, 4.69) is 4.74 Å². The van der Waals surface area contributed by atoms with Crippen LogP contribution in [0, 0.1) is 0 Å². The Labute approximate surface area is 70.5 Å². The van der Waals surface area contributed by atoms with Crippen LogP contribution in [0.4, 0.5) is 4.79 Å². The van der Waals surface area contributed by atoms with Crippen molar-refractivity contribution in [2.75, 3.05) is 7.11 Å². The maximum atomic E-state index is 11.2. The van der Waals surface area contributed by atoms with Gasteiger partial charge in [0.2, 0.25) is 0 Å². The molecular weight excluding hydrogens is 158 g/mol. The summed E-state index contributed by atoms with van der Waals surface area (Å²) in [5, 5.41) is 0. The van der Waals surface area contributed by atoms with Gasteiger partial charge >= 0.3 is 6.09 Å². The Bertz CT molecular complexity index is 238. The number of ketones is 1. The van der Waals surface area contributed by atoms with Crippen molar-refractivity contribution >= 4 is 11.9 Å². The van der Waals surface area contributed by atoms with Gasteiger partial charge in [-0.1, -0.05) is 0 Å². The Balaban J connectivity index is 2.18. The average molecular weight is 169 g/mol. The monoisotopic (exact) mass is 169 g/mol. The van der Waals surface area contributed by atoms with E-state index in [-0.39, 0.29) is 24.0 Å². The number of nitrogens with zero attached hydrogens (tertiary/aromatic N) is 1. The average Bonchev–Trinajstić information content (AvgIpc) is 2.59. The summed E-state index contributed by atoms with van der Waals surface area (Å²) in [5.41, 5.74) is 0. The van der Waals surface area contributed by atoms with Crippen LogP contribution in [0.3, 0.4) is 0 Å². The first kappa shape index (κ1) is 7.58. The van der Waals surface area contributed by atoms with Gasteiger partial charge in [0.15, 0.2) is 5.78 Å². The Hall–Kier alpha value is -1.06. The van der Waals surface area contributed by atoms with E-state index in [0.29, 0.717) is 6.42 Å². The van der Waals surface area contributed by atoms with Gasteiger partial charge in [-0.2, -0.15) is 0 Å². The molecule has 0 aliphatic carbocycles. The molecule has 2 unspecified atom stereocenters. The zero-order chi connectivity index (χ0) is 8.72. The molecule has 4 heteroatoms. The molecule has 0 saturated carbocycles. The number of Topliss-reactive ketones (excluding diaryl/α,β-unsaturated/α-hetero) is 1. The summed E-state index contributed by atoms with van der Waals surface area (Å²) >= 11 is 0. The third kappa shape index (κ3) is 0.838. The standard InChI is InChI=1S/C8H11NO3/c1-12-8(11)9-5-2-3-6(9)7(10)4-5/h5-6H,2-4H2,1H3. The van der Waals surface area contributed by atoms with E-state index in [1.54, 1.807) is 4.90 Å². The van der Waals surface area contributed by atoms with Crippen LogP contribution in [0.15, 0.2) is 0 Å². The largest absolute Gasteiger partial charge is 0.453 e. The van der Waals surface area contributed by atoms with E-state index >= 15 is 0 Å². The van der Waals surface area contributed by atoms with Gasteiger partial charge in [0, 0.05) is 12.5 Å². The quantitative estimate of drug-likeness (QED) is 0.532. The lowest BCUT2D eigenvalue weighted by atomic mass is 10.00. The number of amides is 1. The number of rotatable bonds is 0. The van der Waals surface area contributed by atoms with Crippen LogP contribution in [0.1, 0.15) is 19.3 Å². The van der Waals surface area contributed by atoms with Gasteiger partial charge in [-0.25, -0.2) is 4.79 Å². The van der Waals surface area contributed by atoms with Crippen LogP contribution < -0.4 is 0 Å². The highest BCUT2D eigenvalue weighted by Crippen LogP contribution is 2.35. The van der Waals surface area contributed by atoms with E-state index in [1.807, 2.05) is 0 Å². The zero-order valence-electron chi connectivity index (χ0n) is 6.95. The number of carbonyl (C=O) groups is 2. The van der Waals surface area contributed by atoms with Crippen LogP contribution in [0.25, 0.3) is 0 Å². The van der Waals surface area contributed by atoms with Gasteiger partial charge in [-0.05, 0) is 12.8 Å². The van der Waals surface area contributed by atoms with E-state index < -0.39 is 0 Å². The van der Waals surface area contributed by atoms with Gasteiger partial charge in [0.05, 0.1) is 13.2 Å². The highest BCUT2D eigenvalue weighted by atomic mass is 16.5. The molecule has 0 spiro atoms. The fourth-order valence-electron chi connectivity index (χ4n) is 2.15. The zero-order valence-corrected chi connectivity index (χ0v) is 6.95. The van der Waals surface area contributed by atoms with Crippen molar-refractivity contribution in [1.82, 2.24) is 4.90 Å². The lowest BCUT2D eigenvalue weighted by Gasteiger charge is -2.18. The summed E-state index contributed by atoms with van der Waals surface area (Å²) in [5.74, 6) is 0.191. The topological polar surface area (TPSA) is 46.6 Å². The fraction of sp³-hybridized carbons (Fsp3) is 0.750. The normalized spacial score (nSPS) is 32.8. The summed E-state index contributed by atoms with van der Waals surface area (Å²) in [4.78, 5) is 24.0. The molecule has 0 aromatic carbocycles. The molecule has 0 aromatic heterocycles. The molecular formula is C8H11NO3. The summed E-state index contributed by atoms with van der Waals surface area (Å²) in [7, 11) is 1.35. The highest BCUT2D eigenvalue weighted by molar-refractivity contribution is 5.92. The van der Waals surface area contributed by atoms with E-state index in [1.165, 1.54) is 7.11 Å². The Morgan fingerprint density at radius 2 is 2.33 bits per heavy atom. The second-order valence-electron chi connectivity index (χ2n) is 3.29. The van der Waals surface area contributed by atoms with Gasteiger partial charge in [-0.3, -0.25) is 9.69 Å². The van der Waals surface area contributed by atoms with Crippen LogP contribution in [0.2, 0.25) is 0 Å². The van der Waals surface area contributed by atoms with Crippen molar-refractivity contribution in [2.24, 2.45) is 0 Å². The molecule has 1 amide bonds. The van der Waals surface area contributed by atoms with Crippen LogP contribution in [-0.2, 0) is 9.53 Å². The van der Waals surface area contributed by atoms with Crippen molar-refractivity contribution in [3.8, 4) is 0 Å². The molecule has 2 aliphatic heterocycles. The van der Waals surface area contributed by atoms with Crippen LogP contribution in [-0.4, -0.2) is 36.0 Å². The maximum absolute atomic E-state index is 11.2. The second-order valence-corrected chi connectivity index (χ2v) is 3.29. The molecule has 0 aromatic rings. The van der Waals surface area contributed by atoms with Crippen molar-refractivity contribution in [2.45, 2.75) is 31.3 Å². The molecule has 2 saturated heterocycles. The number of hydrogen-bond donors (Lipinski definition) is 0. The summed E-state index contributed by atoms with van der Waals surface area (Å²) in [6.07, 6.45) is 1.94. The maximum Gasteiger partial charge on any atom is 0.410 e. The first-order valence-corrected chi connectivity index (χ1v) is 4.13. The minimum atomic E-state index is -0.353. The Morgan fingerprint density at radius 1 is 1.58 bits per heavy atom. The minimum absolute atomic E-state index is 0.120. The number of fused-ring (bicyclic) bond motifs is 2. The predicted octanol–water partition coefficient (Wildman–Crippen LogP) is 0.559. The van der Waals surface area contributed by atoms with Crippen LogP contribution in [0.5, 0.6) is 0 Å². The fourth-order valence-corrected chi connectivity index (χ4v) is 2.15. The third-order valence-corrected chi connectivity index (χ3v) is 2.70. The van der Waals surface area contributed by atoms with Crippen molar-refractivity contribution in [1.29, 1.82) is 0 Å². The van der Waals surface area contributed by atoms with Gasteiger partial charge in [-0.15, -0.1) is 0 Å². The summed E-state index contributed by atoms with van der Waals surface area (Å²) in [6, 6.07) is -0.0580. The number of ether oxygens (including phenoxy) is 1. The molecule has 4 nitrogen and oxygen atoms in total. The van der Waals surface area contributed by atoms with E-state index in [4.69, 9.17) is 0 Å². The third-order valence-electron chi connectivity index (χ3n) is 2.70. The summed E-state index contributed by atoms with van der Waals surface area (Å²) in [6.45, 7) is 0. The van der Waals surface area contributed by atoms with Gasteiger partial charge in [0.1, 0.15) is 0 Å². The van der Waals surface area contributed by atoms with E-state index in [9.17, 15) is 9.59 Å². The minimum Gasteiger partial charge on any atom is -0.453 e. The molecule has 2 fully saturated rings. The Kier molecular flexibility index (Phi) is 1.56. The van der Waals surface area contributed by atoms with Crippen molar-refractivity contribution in [3.63, 3.8) is 0 Å². The van der Waals surface area contributed by atoms with Crippen LogP contribution >= 0.6 is 0 Å². The van der Waals surface area contributed by atoms with E-state index in [0.717, 1.165) is 12.8 Å². The predicted molar refractivity (Wildman–Crippen MR) is 40.7 cm³/mol. The first-order valence-electron chi connectivity index (χ1n) is 4.13. The number of hydrogen-bond acceptors (Lipinski definition) is 3. The molecule has 0 N–H and O–H groups in total. The lowest BCUT2D eigenvalue weighted by molar-refractivity contribution is -0.120. The molecule has 2 atom stereocenters. The molecule has 66 valence electrons. The van der Waals surface area contributed by atoms with Gasteiger partial charge < -0.3 is 4.74 Å². The molecule has 2 rings (SSSR count).